The number of hydrogen-bond acceptors (Lipinski definition) is 3. The number of carbonyl (C=O) groups excluding carboxylic acids is 2. The molecular formula is C21H29NO3. The van der Waals surface area contributed by atoms with E-state index in [-0.39, 0.29) is 28.6 Å². The summed E-state index contributed by atoms with van der Waals surface area (Å²) in [6.45, 7) is 2.17. The van der Waals surface area contributed by atoms with Crippen LogP contribution in [0.4, 0.5) is 0 Å². The molecule has 0 aliphatic heterocycles. The SMILES string of the molecule is CCC1(CC(N)=O)CC2CC(C(=O)OC)CC(c3ccccc3)(C2)C1. The van der Waals surface area contributed by atoms with Crippen molar-refractivity contribution in [2.24, 2.45) is 23.0 Å². The predicted molar refractivity (Wildman–Crippen MR) is 96.7 cm³/mol. The summed E-state index contributed by atoms with van der Waals surface area (Å²) in [5.74, 6) is 0.0805. The van der Waals surface area contributed by atoms with E-state index in [0.717, 1.165) is 38.5 Å². The molecule has 2 bridgehead atoms. The minimum atomic E-state index is -0.213. The maximum absolute atomic E-state index is 12.3. The van der Waals surface area contributed by atoms with Crippen molar-refractivity contribution >= 4 is 11.9 Å². The Morgan fingerprint density at radius 3 is 2.52 bits per heavy atom. The van der Waals surface area contributed by atoms with Gasteiger partial charge in [0.2, 0.25) is 5.91 Å². The lowest BCUT2D eigenvalue weighted by Crippen LogP contribution is -2.50. The number of fused-ring (bicyclic) bond motifs is 2. The van der Waals surface area contributed by atoms with Gasteiger partial charge in [0.15, 0.2) is 0 Å². The first-order valence-corrected chi connectivity index (χ1v) is 9.34. The monoisotopic (exact) mass is 343 g/mol. The van der Waals surface area contributed by atoms with Gasteiger partial charge in [-0.1, -0.05) is 37.3 Å². The Bertz CT molecular complexity index is 644. The molecule has 0 heterocycles. The molecule has 4 unspecified atom stereocenters. The molecule has 1 aromatic rings. The van der Waals surface area contributed by atoms with Gasteiger partial charge >= 0.3 is 5.97 Å². The molecule has 2 N–H and O–H groups in total. The van der Waals surface area contributed by atoms with Gasteiger partial charge in [-0.25, -0.2) is 0 Å². The van der Waals surface area contributed by atoms with Crippen LogP contribution in [-0.2, 0) is 19.7 Å². The molecule has 2 fully saturated rings. The molecular weight excluding hydrogens is 314 g/mol. The molecule has 1 aromatic carbocycles. The summed E-state index contributed by atoms with van der Waals surface area (Å²) in [5.41, 5.74) is 6.78. The lowest BCUT2D eigenvalue weighted by molar-refractivity contribution is -0.150. The van der Waals surface area contributed by atoms with Gasteiger partial charge < -0.3 is 10.5 Å². The average Bonchev–Trinajstić information content (AvgIpc) is 2.60. The van der Waals surface area contributed by atoms with Crippen LogP contribution >= 0.6 is 0 Å². The van der Waals surface area contributed by atoms with Gasteiger partial charge in [-0.15, -0.1) is 0 Å². The Labute approximate surface area is 150 Å². The number of nitrogens with two attached hydrogens (primary N) is 1. The highest BCUT2D eigenvalue weighted by Gasteiger charge is 2.53. The fourth-order valence-electron chi connectivity index (χ4n) is 5.75. The number of ether oxygens (including phenoxy) is 1. The van der Waals surface area contributed by atoms with Crippen LogP contribution < -0.4 is 5.73 Å². The highest BCUT2D eigenvalue weighted by Crippen LogP contribution is 2.60. The first kappa shape index (κ1) is 18.0. The molecule has 4 heteroatoms. The van der Waals surface area contributed by atoms with Crippen molar-refractivity contribution in [3.05, 3.63) is 35.9 Å². The van der Waals surface area contributed by atoms with E-state index in [1.165, 1.54) is 12.7 Å². The molecule has 1 amide bonds. The molecule has 0 aromatic heterocycles. The molecule has 2 aliphatic carbocycles. The Hall–Kier alpha value is -1.84. The smallest absolute Gasteiger partial charge is 0.308 e. The molecule has 136 valence electrons. The van der Waals surface area contributed by atoms with Crippen molar-refractivity contribution in [1.29, 1.82) is 0 Å². The van der Waals surface area contributed by atoms with Gasteiger partial charge in [0.1, 0.15) is 0 Å². The molecule has 0 radical (unpaired) electrons. The van der Waals surface area contributed by atoms with E-state index >= 15 is 0 Å². The third-order valence-corrected chi connectivity index (χ3v) is 6.59. The van der Waals surface area contributed by atoms with E-state index in [9.17, 15) is 9.59 Å². The highest BCUT2D eigenvalue weighted by molar-refractivity contribution is 5.75. The van der Waals surface area contributed by atoms with Gasteiger partial charge in [0.05, 0.1) is 13.0 Å². The molecule has 2 aliphatic rings. The molecule has 0 spiro atoms. The number of benzene rings is 1. The summed E-state index contributed by atoms with van der Waals surface area (Å²) < 4.78 is 5.07. The van der Waals surface area contributed by atoms with Crippen LogP contribution in [0.5, 0.6) is 0 Å². The lowest BCUT2D eigenvalue weighted by atomic mass is 9.49. The van der Waals surface area contributed by atoms with Crippen LogP contribution in [0.1, 0.15) is 57.4 Å². The van der Waals surface area contributed by atoms with E-state index in [1.807, 2.05) is 6.07 Å². The van der Waals surface area contributed by atoms with Crippen molar-refractivity contribution in [2.45, 2.75) is 57.3 Å². The number of methoxy groups -OCH3 is 1. The van der Waals surface area contributed by atoms with E-state index in [2.05, 4.69) is 31.2 Å². The minimum absolute atomic E-state index is 0.0487. The fraction of sp³-hybridized carbons (Fsp3) is 0.619. The second kappa shape index (κ2) is 6.81. The predicted octanol–water partition coefficient (Wildman–Crippen LogP) is 3.58. The van der Waals surface area contributed by atoms with Crippen molar-refractivity contribution in [1.82, 2.24) is 0 Å². The first-order valence-electron chi connectivity index (χ1n) is 9.34. The van der Waals surface area contributed by atoms with Crippen LogP contribution in [-0.4, -0.2) is 19.0 Å². The second-order valence-corrected chi connectivity index (χ2v) is 8.25. The zero-order chi connectivity index (χ0) is 18.1. The number of amides is 1. The van der Waals surface area contributed by atoms with Gasteiger partial charge in [-0.05, 0) is 60.8 Å². The molecule has 2 saturated carbocycles. The molecule has 25 heavy (non-hydrogen) atoms. The maximum atomic E-state index is 12.3. The van der Waals surface area contributed by atoms with E-state index < -0.39 is 0 Å². The largest absolute Gasteiger partial charge is 0.469 e. The molecule has 0 saturated heterocycles. The lowest BCUT2D eigenvalue weighted by Gasteiger charge is -2.55. The van der Waals surface area contributed by atoms with Crippen LogP contribution in [0.15, 0.2) is 30.3 Å². The summed E-state index contributed by atoms with van der Waals surface area (Å²) in [6.07, 6.45) is 6.05. The van der Waals surface area contributed by atoms with Gasteiger partial charge in [-0.3, -0.25) is 9.59 Å². The van der Waals surface area contributed by atoms with E-state index in [0.29, 0.717) is 12.3 Å². The Kier molecular flexibility index (Phi) is 4.90. The Morgan fingerprint density at radius 1 is 1.20 bits per heavy atom. The topological polar surface area (TPSA) is 69.4 Å². The third-order valence-electron chi connectivity index (χ3n) is 6.59. The van der Waals surface area contributed by atoms with Crippen LogP contribution in [0.2, 0.25) is 0 Å². The fourth-order valence-corrected chi connectivity index (χ4v) is 5.75. The quantitative estimate of drug-likeness (QED) is 0.831. The standard InChI is InChI=1S/C21H29NO3/c1-3-20(13-18(22)23)10-15-9-16(19(24)25-2)12-21(11-15,14-20)17-7-5-4-6-8-17/h4-8,15-16H,3,9-14H2,1-2H3,(H2,22,23). The van der Waals surface area contributed by atoms with Gasteiger partial charge in [0.25, 0.3) is 0 Å². The number of carbonyl (C=O) groups is 2. The molecule has 4 nitrogen and oxygen atoms in total. The maximum Gasteiger partial charge on any atom is 0.308 e. The minimum Gasteiger partial charge on any atom is -0.469 e. The third kappa shape index (κ3) is 3.44. The van der Waals surface area contributed by atoms with Gasteiger partial charge in [-0.2, -0.15) is 0 Å². The number of primary amides is 1. The number of rotatable bonds is 5. The number of esters is 1. The van der Waals surface area contributed by atoms with E-state index in [1.54, 1.807) is 0 Å². The van der Waals surface area contributed by atoms with Crippen molar-refractivity contribution in [2.75, 3.05) is 7.11 Å². The zero-order valence-electron chi connectivity index (χ0n) is 15.3. The summed E-state index contributed by atoms with van der Waals surface area (Å²) in [4.78, 5) is 24.0. The normalized spacial score (nSPS) is 34.3. The van der Waals surface area contributed by atoms with Crippen molar-refractivity contribution in [3.8, 4) is 0 Å². The summed E-state index contributed by atoms with van der Waals surface area (Å²) >= 11 is 0. The molecule has 4 atom stereocenters. The van der Waals surface area contributed by atoms with Crippen molar-refractivity contribution in [3.63, 3.8) is 0 Å². The van der Waals surface area contributed by atoms with Gasteiger partial charge in [0, 0.05) is 6.42 Å². The van der Waals surface area contributed by atoms with E-state index in [4.69, 9.17) is 10.5 Å². The Morgan fingerprint density at radius 2 is 1.92 bits per heavy atom. The van der Waals surface area contributed by atoms with Crippen LogP contribution in [0.3, 0.4) is 0 Å². The summed E-state index contributed by atoms with van der Waals surface area (Å²) in [5, 5.41) is 0. The summed E-state index contributed by atoms with van der Waals surface area (Å²) in [6, 6.07) is 10.5. The summed E-state index contributed by atoms with van der Waals surface area (Å²) in [7, 11) is 1.48. The second-order valence-electron chi connectivity index (χ2n) is 8.25. The highest BCUT2D eigenvalue weighted by atomic mass is 16.5. The molecule has 3 rings (SSSR count). The Balaban J connectivity index is 2.01. The van der Waals surface area contributed by atoms with Crippen LogP contribution in [0, 0.1) is 17.3 Å². The average molecular weight is 343 g/mol. The first-order chi connectivity index (χ1) is 11.9. The number of hydrogen-bond donors (Lipinski definition) is 1. The van der Waals surface area contributed by atoms with Crippen molar-refractivity contribution < 1.29 is 14.3 Å². The van der Waals surface area contributed by atoms with Crippen LogP contribution in [0.25, 0.3) is 0 Å². The zero-order valence-corrected chi connectivity index (χ0v) is 15.3.